The molecule has 4 nitrogen and oxygen atoms in total. The maximum atomic E-state index is 11.4. The van der Waals surface area contributed by atoms with E-state index in [2.05, 4.69) is 11.9 Å². The van der Waals surface area contributed by atoms with Crippen LogP contribution >= 0.6 is 0 Å². The van der Waals surface area contributed by atoms with Gasteiger partial charge in [-0.25, -0.2) is 4.79 Å². The number of carbonyl (C=O) groups excluding carboxylic acids is 1. The number of rotatable bonds is 4. The first-order valence-electron chi connectivity index (χ1n) is 5.08. The van der Waals surface area contributed by atoms with Crippen molar-refractivity contribution in [3.05, 3.63) is 12.2 Å². The average molecular weight is 215 g/mol. The van der Waals surface area contributed by atoms with Gasteiger partial charge in [-0.05, 0) is 27.2 Å². The first-order valence-corrected chi connectivity index (χ1v) is 5.08. The predicted octanol–water partition coefficient (Wildman–Crippen LogP) is 1.84. The molecule has 0 unspecified atom stereocenters. The SMILES string of the molecule is C=C(CC)[C@@H](CO)NC(=O)OC(C)(C)C. The summed E-state index contributed by atoms with van der Waals surface area (Å²) in [5, 5.41) is 11.6. The van der Waals surface area contributed by atoms with Crippen molar-refractivity contribution < 1.29 is 14.6 Å². The Morgan fingerprint density at radius 2 is 2.07 bits per heavy atom. The van der Waals surface area contributed by atoms with E-state index in [1.54, 1.807) is 20.8 Å². The second-order valence-corrected chi connectivity index (χ2v) is 4.39. The summed E-state index contributed by atoms with van der Waals surface area (Å²) in [4.78, 5) is 11.4. The van der Waals surface area contributed by atoms with Crippen LogP contribution in [-0.2, 0) is 4.74 Å². The molecule has 0 aliphatic heterocycles. The van der Waals surface area contributed by atoms with Gasteiger partial charge in [0.15, 0.2) is 0 Å². The third kappa shape index (κ3) is 6.12. The molecule has 1 amide bonds. The van der Waals surface area contributed by atoms with Crippen LogP contribution in [0.1, 0.15) is 34.1 Å². The zero-order chi connectivity index (χ0) is 12.1. The molecule has 0 aromatic rings. The molecule has 15 heavy (non-hydrogen) atoms. The first-order chi connectivity index (χ1) is 6.80. The average Bonchev–Trinajstić information content (AvgIpc) is 2.10. The lowest BCUT2D eigenvalue weighted by atomic mass is 10.1. The van der Waals surface area contributed by atoms with Crippen molar-refractivity contribution in [3.63, 3.8) is 0 Å². The molecule has 0 bridgehead atoms. The molecule has 0 aliphatic carbocycles. The van der Waals surface area contributed by atoms with Gasteiger partial charge < -0.3 is 15.2 Å². The van der Waals surface area contributed by atoms with Gasteiger partial charge in [0.25, 0.3) is 0 Å². The van der Waals surface area contributed by atoms with Crippen LogP contribution in [0.3, 0.4) is 0 Å². The third-order valence-electron chi connectivity index (χ3n) is 1.82. The Kier molecular flexibility index (Phi) is 5.36. The van der Waals surface area contributed by atoms with Gasteiger partial charge in [0.05, 0.1) is 12.6 Å². The van der Waals surface area contributed by atoms with E-state index in [0.29, 0.717) is 6.42 Å². The van der Waals surface area contributed by atoms with Crippen LogP contribution in [0.2, 0.25) is 0 Å². The summed E-state index contributed by atoms with van der Waals surface area (Å²) in [6.07, 6.45) is 0.178. The van der Waals surface area contributed by atoms with Crippen molar-refractivity contribution in [1.82, 2.24) is 5.32 Å². The molecule has 1 atom stereocenters. The fraction of sp³-hybridized carbons (Fsp3) is 0.727. The summed E-state index contributed by atoms with van der Waals surface area (Å²) in [5.74, 6) is 0. The van der Waals surface area contributed by atoms with Gasteiger partial charge >= 0.3 is 6.09 Å². The molecular weight excluding hydrogens is 194 g/mol. The van der Waals surface area contributed by atoms with E-state index in [-0.39, 0.29) is 6.61 Å². The van der Waals surface area contributed by atoms with E-state index in [1.165, 1.54) is 0 Å². The van der Waals surface area contributed by atoms with E-state index in [0.717, 1.165) is 5.57 Å². The summed E-state index contributed by atoms with van der Waals surface area (Å²) < 4.78 is 5.06. The maximum absolute atomic E-state index is 11.4. The smallest absolute Gasteiger partial charge is 0.408 e. The molecule has 0 fully saturated rings. The Morgan fingerprint density at radius 3 is 2.40 bits per heavy atom. The molecule has 0 spiro atoms. The van der Waals surface area contributed by atoms with Gasteiger partial charge in [-0.15, -0.1) is 0 Å². The van der Waals surface area contributed by atoms with Crippen LogP contribution in [0.25, 0.3) is 0 Å². The Labute approximate surface area is 91.3 Å². The second kappa shape index (κ2) is 5.75. The molecule has 4 heteroatoms. The lowest BCUT2D eigenvalue weighted by Crippen LogP contribution is -2.41. The third-order valence-corrected chi connectivity index (χ3v) is 1.82. The Morgan fingerprint density at radius 1 is 1.53 bits per heavy atom. The first kappa shape index (κ1) is 14.0. The second-order valence-electron chi connectivity index (χ2n) is 4.39. The molecule has 0 radical (unpaired) electrons. The molecule has 88 valence electrons. The number of aliphatic hydroxyl groups is 1. The van der Waals surface area contributed by atoms with Gasteiger partial charge in [-0.1, -0.05) is 19.1 Å². The molecule has 0 heterocycles. The van der Waals surface area contributed by atoms with Crippen LogP contribution < -0.4 is 5.32 Å². The number of nitrogens with one attached hydrogen (secondary N) is 1. The van der Waals surface area contributed by atoms with Gasteiger partial charge in [0.1, 0.15) is 5.60 Å². The highest BCUT2D eigenvalue weighted by atomic mass is 16.6. The van der Waals surface area contributed by atoms with Crippen molar-refractivity contribution >= 4 is 6.09 Å². The number of hydrogen-bond donors (Lipinski definition) is 2. The largest absolute Gasteiger partial charge is 0.444 e. The van der Waals surface area contributed by atoms with Gasteiger partial charge in [-0.2, -0.15) is 0 Å². The predicted molar refractivity (Wildman–Crippen MR) is 59.7 cm³/mol. The molecule has 0 aliphatic rings. The van der Waals surface area contributed by atoms with Crippen LogP contribution in [-0.4, -0.2) is 29.4 Å². The van der Waals surface area contributed by atoms with Crippen LogP contribution in [0.15, 0.2) is 12.2 Å². The molecular formula is C11H21NO3. The number of ether oxygens (including phenoxy) is 1. The number of amides is 1. The minimum atomic E-state index is -0.531. The molecule has 0 aromatic carbocycles. The molecule has 0 rings (SSSR count). The van der Waals surface area contributed by atoms with Crippen molar-refractivity contribution in [3.8, 4) is 0 Å². The quantitative estimate of drug-likeness (QED) is 0.703. The van der Waals surface area contributed by atoms with E-state index in [1.807, 2.05) is 6.92 Å². The maximum Gasteiger partial charge on any atom is 0.408 e. The highest BCUT2D eigenvalue weighted by molar-refractivity contribution is 5.68. The fourth-order valence-electron chi connectivity index (χ4n) is 0.973. The number of aliphatic hydroxyl groups excluding tert-OH is 1. The van der Waals surface area contributed by atoms with Crippen molar-refractivity contribution in [2.45, 2.75) is 45.8 Å². The normalized spacial score (nSPS) is 13.1. The van der Waals surface area contributed by atoms with E-state index < -0.39 is 17.7 Å². The summed E-state index contributed by atoms with van der Waals surface area (Å²) in [5.41, 5.74) is 0.251. The number of hydrogen-bond acceptors (Lipinski definition) is 3. The van der Waals surface area contributed by atoms with Crippen molar-refractivity contribution in [2.24, 2.45) is 0 Å². The zero-order valence-corrected chi connectivity index (χ0v) is 9.96. The minimum Gasteiger partial charge on any atom is -0.444 e. The molecule has 0 saturated carbocycles. The summed E-state index contributed by atoms with van der Waals surface area (Å²) in [6.45, 7) is 10.9. The topological polar surface area (TPSA) is 58.6 Å². The zero-order valence-electron chi connectivity index (χ0n) is 9.96. The summed E-state index contributed by atoms with van der Waals surface area (Å²) in [6, 6.07) is -0.426. The summed E-state index contributed by atoms with van der Waals surface area (Å²) >= 11 is 0. The van der Waals surface area contributed by atoms with Crippen molar-refractivity contribution in [1.29, 1.82) is 0 Å². The van der Waals surface area contributed by atoms with Gasteiger partial charge in [0, 0.05) is 0 Å². The van der Waals surface area contributed by atoms with Crippen LogP contribution in [0.4, 0.5) is 4.79 Å². The van der Waals surface area contributed by atoms with Gasteiger partial charge in [-0.3, -0.25) is 0 Å². The Hall–Kier alpha value is -1.03. The minimum absolute atomic E-state index is 0.161. The van der Waals surface area contributed by atoms with Gasteiger partial charge in [0.2, 0.25) is 0 Å². The highest BCUT2D eigenvalue weighted by Crippen LogP contribution is 2.09. The Bertz CT molecular complexity index is 230. The van der Waals surface area contributed by atoms with Crippen LogP contribution in [0.5, 0.6) is 0 Å². The summed E-state index contributed by atoms with van der Waals surface area (Å²) in [7, 11) is 0. The molecule has 2 N–H and O–H groups in total. The van der Waals surface area contributed by atoms with Crippen molar-refractivity contribution in [2.75, 3.05) is 6.61 Å². The number of carbonyl (C=O) groups is 1. The fourth-order valence-corrected chi connectivity index (χ4v) is 0.973. The Balaban J connectivity index is 4.20. The van der Waals surface area contributed by atoms with Crippen LogP contribution in [0, 0.1) is 0 Å². The monoisotopic (exact) mass is 215 g/mol. The van der Waals surface area contributed by atoms with E-state index >= 15 is 0 Å². The van der Waals surface area contributed by atoms with E-state index in [4.69, 9.17) is 9.84 Å². The number of alkyl carbamates (subject to hydrolysis) is 1. The van der Waals surface area contributed by atoms with E-state index in [9.17, 15) is 4.79 Å². The molecule has 0 aromatic heterocycles. The highest BCUT2D eigenvalue weighted by Gasteiger charge is 2.19. The standard InChI is InChI=1S/C11H21NO3/c1-6-8(2)9(7-13)12-10(14)15-11(3,4)5/h9,13H,2,6-7H2,1,3-5H3,(H,12,14)/t9-/m1/s1. The molecule has 0 saturated heterocycles. The lowest BCUT2D eigenvalue weighted by Gasteiger charge is -2.23. The lowest BCUT2D eigenvalue weighted by molar-refractivity contribution is 0.0494.